The van der Waals surface area contributed by atoms with E-state index in [1.54, 1.807) is 30.5 Å². The van der Waals surface area contributed by atoms with Gasteiger partial charge in [0.15, 0.2) is 11.5 Å². The molecular weight excluding hydrogens is 524 g/mol. The van der Waals surface area contributed by atoms with Gasteiger partial charge in [-0.2, -0.15) is 14.6 Å². The van der Waals surface area contributed by atoms with E-state index in [2.05, 4.69) is 14.7 Å². The summed E-state index contributed by atoms with van der Waals surface area (Å²) in [6, 6.07) is 7.94. The zero-order valence-electron chi connectivity index (χ0n) is 17.6. The Morgan fingerprint density at radius 1 is 1.35 bits per heavy atom. The fraction of sp³-hybridized carbons (Fsp3) is 0.150. The van der Waals surface area contributed by atoms with E-state index in [1.807, 2.05) is 0 Å². The van der Waals surface area contributed by atoms with Crippen LogP contribution >= 0.6 is 34.5 Å². The highest BCUT2D eigenvalue weighted by Crippen LogP contribution is 2.38. The third-order valence-electron chi connectivity index (χ3n) is 3.88. The second kappa shape index (κ2) is 10.7. The van der Waals surface area contributed by atoms with E-state index in [9.17, 15) is 23.3 Å². The van der Waals surface area contributed by atoms with Gasteiger partial charge in [0.05, 0.1) is 11.6 Å². The first-order valence-corrected chi connectivity index (χ1v) is 13.2. The van der Waals surface area contributed by atoms with Crippen molar-refractivity contribution in [3.8, 4) is 17.6 Å². The van der Waals surface area contributed by atoms with E-state index in [1.165, 1.54) is 29.5 Å². The first-order chi connectivity index (χ1) is 16.1. The lowest BCUT2D eigenvalue weighted by Crippen LogP contribution is -2.13. The minimum absolute atomic E-state index is 0.00388. The monoisotopic (exact) mass is 538 g/mol. The lowest BCUT2D eigenvalue weighted by atomic mass is 10.1. The Morgan fingerprint density at radius 3 is 2.71 bits per heavy atom. The van der Waals surface area contributed by atoms with Crippen molar-refractivity contribution in [1.29, 1.82) is 5.26 Å². The van der Waals surface area contributed by atoms with E-state index in [0.717, 1.165) is 6.26 Å². The molecule has 0 saturated carbocycles. The van der Waals surface area contributed by atoms with Crippen LogP contribution in [0.4, 0.5) is 5.13 Å². The standard InChI is InChI=1S/C20H15ClN4O6S3/c1-3-30-14-9-11(8-13(21)16(14)31-18(27)15-5-4-6-32-15)7-12(10-22)17(26)23-19-24-20(25-33-19)34(2,28)29/h4-9H,3H2,1-2H3,(H,23,24,25,26)/b12-7-. The summed E-state index contributed by atoms with van der Waals surface area (Å²) in [5.41, 5.74) is 0.00288. The number of nitrogens with zero attached hydrogens (tertiary/aromatic N) is 3. The molecule has 1 N–H and O–H groups in total. The fourth-order valence-corrected chi connectivity index (χ4v) is 4.76. The van der Waals surface area contributed by atoms with Gasteiger partial charge in [-0.1, -0.05) is 17.7 Å². The number of thiophene rings is 1. The number of hydrogen-bond donors (Lipinski definition) is 1. The molecule has 14 heteroatoms. The van der Waals surface area contributed by atoms with Gasteiger partial charge in [0.2, 0.25) is 15.0 Å². The molecule has 0 aliphatic rings. The van der Waals surface area contributed by atoms with Crippen LogP contribution in [0.1, 0.15) is 22.2 Å². The summed E-state index contributed by atoms with van der Waals surface area (Å²) in [4.78, 5) is 28.9. The molecule has 3 rings (SSSR count). The van der Waals surface area contributed by atoms with Gasteiger partial charge in [-0.15, -0.1) is 11.3 Å². The van der Waals surface area contributed by atoms with Crippen LogP contribution in [0, 0.1) is 11.3 Å². The van der Waals surface area contributed by atoms with Gasteiger partial charge in [0.25, 0.3) is 11.1 Å². The minimum Gasteiger partial charge on any atom is -0.490 e. The molecule has 0 aliphatic heterocycles. The number of carbonyl (C=O) groups is 2. The molecule has 0 radical (unpaired) electrons. The number of hydrogen-bond acceptors (Lipinski definition) is 11. The quantitative estimate of drug-likeness (QED) is 0.195. The normalized spacial score (nSPS) is 11.5. The molecule has 0 aliphatic carbocycles. The van der Waals surface area contributed by atoms with Gasteiger partial charge in [-0.3, -0.25) is 10.1 Å². The summed E-state index contributed by atoms with van der Waals surface area (Å²) in [7, 11) is -3.64. The van der Waals surface area contributed by atoms with Gasteiger partial charge in [-0.05, 0) is 42.1 Å². The fourth-order valence-electron chi connectivity index (χ4n) is 2.46. The van der Waals surface area contributed by atoms with E-state index < -0.39 is 26.9 Å². The molecule has 34 heavy (non-hydrogen) atoms. The lowest BCUT2D eigenvalue weighted by Gasteiger charge is -2.13. The van der Waals surface area contributed by atoms with Crippen LogP contribution in [0.15, 0.2) is 40.4 Å². The topological polar surface area (TPSA) is 148 Å². The predicted molar refractivity (Wildman–Crippen MR) is 127 cm³/mol. The number of sulfone groups is 1. The van der Waals surface area contributed by atoms with E-state index in [-0.39, 0.29) is 33.8 Å². The Morgan fingerprint density at radius 2 is 2.12 bits per heavy atom. The number of nitriles is 1. The maximum absolute atomic E-state index is 12.5. The molecule has 0 fully saturated rings. The molecule has 2 aromatic heterocycles. The van der Waals surface area contributed by atoms with Crippen molar-refractivity contribution in [3.05, 3.63) is 50.7 Å². The highest BCUT2D eigenvalue weighted by atomic mass is 35.5. The number of carbonyl (C=O) groups excluding carboxylic acids is 2. The second-order valence-corrected chi connectivity index (χ2v) is 10.4. The van der Waals surface area contributed by atoms with Gasteiger partial charge >= 0.3 is 5.97 Å². The predicted octanol–water partition coefficient (Wildman–Crippen LogP) is 3.82. The summed E-state index contributed by atoms with van der Waals surface area (Å²) < 4.78 is 37.6. The second-order valence-electron chi connectivity index (χ2n) is 6.41. The van der Waals surface area contributed by atoms with Gasteiger partial charge < -0.3 is 9.47 Å². The zero-order chi connectivity index (χ0) is 24.9. The van der Waals surface area contributed by atoms with Gasteiger partial charge in [0.1, 0.15) is 16.5 Å². The number of ether oxygens (including phenoxy) is 2. The van der Waals surface area contributed by atoms with Crippen LogP contribution in [0.2, 0.25) is 5.02 Å². The molecule has 0 unspecified atom stereocenters. The van der Waals surface area contributed by atoms with Crippen molar-refractivity contribution >= 4 is 67.4 Å². The number of halogens is 1. The molecule has 10 nitrogen and oxygen atoms in total. The molecule has 0 atom stereocenters. The summed E-state index contributed by atoms with van der Waals surface area (Å²) >= 11 is 8.18. The van der Waals surface area contributed by atoms with Crippen LogP contribution in [0.25, 0.3) is 6.08 Å². The van der Waals surface area contributed by atoms with Crippen molar-refractivity contribution in [3.63, 3.8) is 0 Å². The third kappa shape index (κ3) is 6.17. The van der Waals surface area contributed by atoms with Gasteiger partial charge in [-0.25, -0.2) is 13.2 Å². The Labute approximate surface area is 207 Å². The van der Waals surface area contributed by atoms with Crippen molar-refractivity contribution in [2.75, 3.05) is 18.2 Å². The van der Waals surface area contributed by atoms with Crippen LogP contribution in [0.5, 0.6) is 11.5 Å². The lowest BCUT2D eigenvalue weighted by molar-refractivity contribution is -0.112. The van der Waals surface area contributed by atoms with Crippen LogP contribution in [-0.2, 0) is 14.6 Å². The average molecular weight is 539 g/mol. The van der Waals surface area contributed by atoms with Crippen LogP contribution < -0.4 is 14.8 Å². The summed E-state index contributed by atoms with van der Waals surface area (Å²) in [6.07, 6.45) is 2.18. The van der Waals surface area contributed by atoms with Crippen molar-refractivity contribution < 1.29 is 27.5 Å². The largest absolute Gasteiger partial charge is 0.490 e. The molecule has 0 saturated heterocycles. The molecule has 1 amide bonds. The van der Waals surface area contributed by atoms with E-state index >= 15 is 0 Å². The molecular formula is C20H15ClN4O6S3. The van der Waals surface area contributed by atoms with E-state index in [0.29, 0.717) is 22.0 Å². The van der Waals surface area contributed by atoms with Crippen molar-refractivity contribution in [1.82, 2.24) is 9.36 Å². The molecule has 2 heterocycles. The summed E-state index contributed by atoms with van der Waals surface area (Å²) in [6.45, 7) is 1.96. The SMILES string of the molecule is CCOc1cc(/C=C(/C#N)C(=O)Nc2nc(S(C)(=O)=O)ns2)cc(Cl)c1OC(=O)c1cccs1. The number of aromatic nitrogens is 2. The molecule has 0 bridgehead atoms. The van der Waals surface area contributed by atoms with E-state index in [4.69, 9.17) is 21.1 Å². The first kappa shape index (κ1) is 25.3. The average Bonchev–Trinajstić information content (AvgIpc) is 3.46. The van der Waals surface area contributed by atoms with Crippen molar-refractivity contribution in [2.45, 2.75) is 12.1 Å². The van der Waals surface area contributed by atoms with Crippen molar-refractivity contribution in [2.24, 2.45) is 0 Å². The van der Waals surface area contributed by atoms with Gasteiger partial charge in [0, 0.05) is 17.8 Å². The summed E-state index contributed by atoms with van der Waals surface area (Å²) in [5, 5.41) is 13.0. The highest BCUT2D eigenvalue weighted by molar-refractivity contribution is 7.90. The maximum Gasteiger partial charge on any atom is 0.353 e. The molecule has 0 spiro atoms. The third-order valence-corrected chi connectivity index (χ3v) is 6.61. The number of rotatable bonds is 8. The van der Waals surface area contributed by atoms with Crippen LogP contribution in [-0.4, -0.2) is 42.5 Å². The maximum atomic E-state index is 12.5. The Kier molecular flexibility index (Phi) is 8.00. The first-order valence-electron chi connectivity index (χ1n) is 9.31. The molecule has 176 valence electrons. The number of esters is 1. The number of anilines is 1. The smallest absolute Gasteiger partial charge is 0.353 e. The number of nitrogens with one attached hydrogen (secondary N) is 1. The Balaban J connectivity index is 1.87. The highest BCUT2D eigenvalue weighted by Gasteiger charge is 2.20. The number of amides is 1. The van der Waals surface area contributed by atoms with Crippen LogP contribution in [0.3, 0.4) is 0 Å². The molecule has 1 aromatic carbocycles. The zero-order valence-corrected chi connectivity index (χ0v) is 20.8. The Bertz CT molecular complexity index is 1410. The molecule has 3 aromatic rings. The minimum atomic E-state index is -3.64. The number of benzene rings is 1. The summed E-state index contributed by atoms with van der Waals surface area (Å²) in [5.74, 6) is -1.29. The Hall–Kier alpha value is -3.31.